The Balaban J connectivity index is 1.20. The number of hydrogen-bond acceptors (Lipinski definition) is 5. The Labute approximate surface area is 222 Å². The molecule has 0 saturated carbocycles. The highest BCUT2D eigenvalue weighted by Crippen LogP contribution is 2.30. The first-order chi connectivity index (χ1) is 18.0. The molecule has 0 unspecified atom stereocenters. The smallest absolute Gasteiger partial charge is 0.225 e. The molecule has 2 aromatic carbocycles. The van der Waals surface area contributed by atoms with Gasteiger partial charge < -0.3 is 15.1 Å². The number of carbonyl (C=O) groups excluding carboxylic acids is 2. The van der Waals surface area contributed by atoms with E-state index in [0.29, 0.717) is 42.8 Å². The first kappa shape index (κ1) is 25.2. The maximum Gasteiger partial charge on any atom is 0.225 e. The Morgan fingerprint density at radius 3 is 2.22 bits per heavy atom. The summed E-state index contributed by atoms with van der Waals surface area (Å²) in [5, 5.41) is 3.97. The fraction of sp³-hybridized carbons (Fsp3) is 0.379. The van der Waals surface area contributed by atoms with Crippen LogP contribution in [0.1, 0.15) is 32.6 Å². The van der Waals surface area contributed by atoms with Gasteiger partial charge in [0.15, 0.2) is 0 Å². The first-order valence-electron chi connectivity index (χ1n) is 13.0. The van der Waals surface area contributed by atoms with Gasteiger partial charge >= 0.3 is 0 Å². The number of anilines is 1. The number of rotatable bonds is 5. The number of carbonyl (C=O) groups is 2. The monoisotopic (exact) mass is 517 g/mol. The molecule has 1 aromatic heterocycles. The third-order valence-electron chi connectivity index (χ3n) is 7.42. The van der Waals surface area contributed by atoms with E-state index in [4.69, 9.17) is 16.6 Å². The molecule has 2 aliphatic rings. The topological polar surface area (TPSA) is 78.4 Å². The Morgan fingerprint density at radius 1 is 0.865 bits per heavy atom. The molecule has 0 bridgehead atoms. The van der Waals surface area contributed by atoms with Crippen molar-refractivity contribution >= 4 is 29.4 Å². The second-order valence-corrected chi connectivity index (χ2v) is 10.3. The van der Waals surface area contributed by atoms with E-state index < -0.39 is 0 Å². The summed E-state index contributed by atoms with van der Waals surface area (Å²) >= 11 is 6.51. The number of nitrogens with zero attached hydrogens (tertiary/aromatic N) is 4. The third kappa shape index (κ3) is 5.93. The van der Waals surface area contributed by atoms with Gasteiger partial charge in [0.1, 0.15) is 0 Å². The number of aromatic nitrogens is 2. The van der Waals surface area contributed by atoms with E-state index in [-0.39, 0.29) is 23.8 Å². The van der Waals surface area contributed by atoms with E-state index in [1.54, 1.807) is 13.1 Å². The second kappa shape index (κ2) is 11.3. The van der Waals surface area contributed by atoms with E-state index in [9.17, 15) is 9.59 Å². The molecule has 8 heteroatoms. The van der Waals surface area contributed by atoms with Crippen LogP contribution in [0.4, 0.5) is 5.95 Å². The van der Waals surface area contributed by atoms with E-state index in [0.717, 1.165) is 42.4 Å². The summed E-state index contributed by atoms with van der Waals surface area (Å²) in [5.74, 6) is 0.888. The molecule has 7 nitrogen and oxygen atoms in total. The highest BCUT2D eigenvalue weighted by molar-refractivity contribution is 6.32. The highest BCUT2D eigenvalue weighted by atomic mass is 35.5. The van der Waals surface area contributed by atoms with Gasteiger partial charge in [0.2, 0.25) is 17.8 Å². The van der Waals surface area contributed by atoms with E-state index in [2.05, 4.69) is 34.6 Å². The van der Waals surface area contributed by atoms with Crippen molar-refractivity contribution in [3.05, 3.63) is 65.8 Å². The number of piperidine rings is 2. The van der Waals surface area contributed by atoms with Crippen LogP contribution < -0.4 is 5.32 Å². The minimum absolute atomic E-state index is 0.0221. The summed E-state index contributed by atoms with van der Waals surface area (Å²) in [6.07, 6.45) is 4.83. The molecule has 37 heavy (non-hydrogen) atoms. The molecular formula is C29H32ClN5O2. The SMILES string of the molecule is CC(=O)N1CCC(C(=O)N2CCC(Nc3ncc(Cl)c(-c4cccc(-c5ccccc5)c4)n3)CC2)CC1. The van der Waals surface area contributed by atoms with Crippen LogP contribution in [0.25, 0.3) is 22.4 Å². The van der Waals surface area contributed by atoms with Crippen molar-refractivity contribution < 1.29 is 9.59 Å². The number of nitrogens with one attached hydrogen (secondary N) is 1. The fourth-order valence-electron chi connectivity index (χ4n) is 5.24. The molecule has 192 valence electrons. The van der Waals surface area contributed by atoms with E-state index in [1.807, 2.05) is 40.1 Å². The number of halogens is 1. The van der Waals surface area contributed by atoms with E-state index >= 15 is 0 Å². The molecule has 5 rings (SSSR count). The lowest BCUT2D eigenvalue weighted by atomic mass is 9.94. The van der Waals surface area contributed by atoms with Crippen molar-refractivity contribution in [3.8, 4) is 22.4 Å². The van der Waals surface area contributed by atoms with Crippen LogP contribution >= 0.6 is 11.6 Å². The molecule has 3 aromatic rings. The zero-order valence-corrected chi connectivity index (χ0v) is 21.8. The Hall–Kier alpha value is -3.45. The maximum atomic E-state index is 13.0. The summed E-state index contributed by atoms with van der Waals surface area (Å²) in [6.45, 7) is 4.36. The predicted molar refractivity (Wildman–Crippen MR) is 146 cm³/mol. The van der Waals surface area contributed by atoms with Gasteiger partial charge in [-0.1, -0.05) is 60.1 Å². The third-order valence-corrected chi connectivity index (χ3v) is 7.69. The molecule has 2 saturated heterocycles. The van der Waals surface area contributed by atoms with Crippen molar-refractivity contribution in [2.45, 2.75) is 38.6 Å². The molecule has 1 N–H and O–H groups in total. The van der Waals surface area contributed by atoms with Gasteiger partial charge in [-0.25, -0.2) is 9.97 Å². The first-order valence-corrected chi connectivity index (χ1v) is 13.3. The minimum atomic E-state index is 0.0221. The van der Waals surface area contributed by atoms with Crippen LogP contribution in [0, 0.1) is 5.92 Å². The molecule has 0 atom stereocenters. The number of likely N-dealkylation sites (tertiary alicyclic amines) is 2. The van der Waals surface area contributed by atoms with Gasteiger partial charge in [-0.2, -0.15) is 0 Å². The minimum Gasteiger partial charge on any atom is -0.351 e. The molecule has 2 fully saturated rings. The van der Waals surface area contributed by atoms with Gasteiger partial charge in [0.25, 0.3) is 0 Å². The van der Waals surface area contributed by atoms with Gasteiger partial charge in [-0.3, -0.25) is 9.59 Å². The van der Waals surface area contributed by atoms with Crippen LogP contribution in [0.15, 0.2) is 60.8 Å². The fourth-order valence-corrected chi connectivity index (χ4v) is 5.44. The molecule has 0 aliphatic carbocycles. The Kier molecular flexibility index (Phi) is 7.70. The summed E-state index contributed by atoms with van der Waals surface area (Å²) in [4.78, 5) is 37.6. The number of benzene rings is 2. The standard InChI is InChI=1S/C29H32ClN5O2/c1-20(36)34-14-10-22(11-15-34)28(37)35-16-12-25(13-17-35)32-29-31-19-26(30)27(33-29)24-9-5-8-23(18-24)21-6-3-2-4-7-21/h2-9,18-19,22,25H,10-17H2,1H3,(H,31,32,33). The summed E-state index contributed by atoms with van der Waals surface area (Å²) in [7, 11) is 0. The van der Waals surface area contributed by atoms with Crippen molar-refractivity contribution in [2.75, 3.05) is 31.5 Å². The number of amides is 2. The molecule has 0 radical (unpaired) electrons. The average molecular weight is 518 g/mol. The lowest BCUT2D eigenvalue weighted by Crippen LogP contribution is -2.47. The van der Waals surface area contributed by atoms with Gasteiger partial charge in [0, 0.05) is 50.6 Å². The largest absolute Gasteiger partial charge is 0.351 e. The van der Waals surface area contributed by atoms with Crippen LogP contribution in [-0.2, 0) is 9.59 Å². The van der Waals surface area contributed by atoms with Crippen LogP contribution in [-0.4, -0.2) is 63.8 Å². The second-order valence-electron chi connectivity index (χ2n) is 9.86. The Morgan fingerprint density at radius 2 is 1.51 bits per heavy atom. The molecule has 3 heterocycles. The van der Waals surface area contributed by atoms with Gasteiger partial charge in [-0.05, 0) is 42.9 Å². The van der Waals surface area contributed by atoms with Crippen molar-refractivity contribution in [2.24, 2.45) is 5.92 Å². The molecule has 0 spiro atoms. The summed E-state index contributed by atoms with van der Waals surface area (Å²) < 4.78 is 0. The quantitative estimate of drug-likeness (QED) is 0.508. The lowest BCUT2D eigenvalue weighted by Gasteiger charge is -2.37. The zero-order chi connectivity index (χ0) is 25.8. The summed E-state index contributed by atoms with van der Waals surface area (Å²) in [5.41, 5.74) is 3.87. The van der Waals surface area contributed by atoms with Crippen LogP contribution in [0.5, 0.6) is 0 Å². The van der Waals surface area contributed by atoms with Crippen molar-refractivity contribution in [1.82, 2.24) is 19.8 Å². The number of hydrogen-bond donors (Lipinski definition) is 1. The molecule has 2 aliphatic heterocycles. The van der Waals surface area contributed by atoms with E-state index in [1.165, 1.54) is 0 Å². The average Bonchev–Trinajstić information content (AvgIpc) is 2.95. The van der Waals surface area contributed by atoms with Crippen molar-refractivity contribution in [3.63, 3.8) is 0 Å². The van der Waals surface area contributed by atoms with Gasteiger partial charge in [-0.15, -0.1) is 0 Å². The molecular weight excluding hydrogens is 486 g/mol. The lowest BCUT2D eigenvalue weighted by molar-refractivity contribution is -0.140. The highest BCUT2D eigenvalue weighted by Gasteiger charge is 2.31. The Bertz CT molecular complexity index is 1250. The zero-order valence-electron chi connectivity index (χ0n) is 21.1. The molecule has 2 amide bonds. The maximum absolute atomic E-state index is 13.0. The van der Waals surface area contributed by atoms with Crippen LogP contribution in [0.3, 0.4) is 0 Å². The van der Waals surface area contributed by atoms with Crippen molar-refractivity contribution in [1.29, 1.82) is 0 Å². The normalized spacial score (nSPS) is 17.0. The van der Waals surface area contributed by atoms with Gasteiger partial charge in [0.05, 0.1) is 16.9 Å². The predicted octanol–water partition coefficient (Wildman–Crippen LogP) is 5.13. The van der Waals surface area contributed by atoms with Crippen LogP contribution in [0.2, 0.25) is 5.02 Å². The summed E-state index contributed by atoms with van der Waals surface area (Å²) in [6, 6.07) is 18.6.